The molecule has 0 saturated heterocycles. The lowest BCUT2D eigenvalue weighted by Crippen LogP contribution is -2.11. The summed E-state index contributed by atoms with van der Waals surface area (Å²) in [6.07, 6.45) is 3.11. The first-order valence-electron chi connectivity index (χ1n) is 4.39. The molecule has 0 unspecified atom stereocenters. The molecule has 0 fully saturated rings. The van der Waals surface area contributed by atoms with Gasteiger partial charge in [0, 0.05) is 18.0 Å². The first-order chi connectivity index (χ1) is 7.79. The minimum Gasteiger partial charge on any atom is -0.296 e. The van der Waals surface area contributed by atoms with Gasteiger partial charge in [0.25, 0.3) is 5.91 Å². The number of pyridine rings is 1. The number of hydrogen-bond donors (Lipinski definition) is 1. The third-order valence-electron chi connectivity index (χ3n) is 1.74. The van der Waals surface area contributed by atoms with E-state index in [1.807, 2.05) is 0 Å². The van der Waals surface area contributed by atoms with Crippen molar-refractivity contribution >= 4 is 34.0 Å². The summed E-state index contributed by atoms with van der Waals surface area (Å²) < 4.78 is 0. The van der Waals surface area contributed by atoms with Crippen LogP contribution in [0.4, 0.5) is 5.13 Å². The molecule has 0 aromatic carbocycles. The van der Waals surface area contributed by atoms with Crippen molar-refractivity contribution in [3.63, 3.8) is 0 Å². The molecule has 0 radical (unpaired) electrons. The molecule has 2 aromatic heterocycles. The van der Waals surface area contributed by atoms with Crippen LogP contribution in [0.25, 0.3) is 0 Å². The zero-order valence-corrected chi connectivity index (χ0v) is 9.63. The van der Waals surface area contributed by atoms with E-state index in [2.05, 4.69) is 20.5 Å². The maximum atomic E-state index is 11.7. The molecule has 0 aliphatic rings. The van der Waals surface area contributed by atoms with E-state index in [9.17, 15) is 4.79 Å². The van der Waals surface area contributed by atoms with Crippen molar-refractivity contribution in [2.24, 2.45) is 0 Å². The van der Waals surface area contributed by atoms with E-state index < -0.39 is 0 Å². The molecule has 82 valence electrons. The number of hydrogen-bond acceptors (Lipinski definition) is 5. The molecule has 0 spiro atoms. The summed E-state index contributed by atoms with van der Waals surface area (Å²) in [7, 11) is 0. The number of rotatable bonds is 3. The quantitative estimate of drug-likeness (QED) is 0.850. The molecule has 1 amide bonds. The molecule has 5 nitrogen and oxygen atoms in total. The van der Waals surface area contributed by atoms with Crippen LogP contribution in [0.3, 0.4) is 0 Å². The van der Waals surface area contributed by atoms with E-state index in [1.54, 1.807) is 24.5 Å². The average Bonchev–Trinajstić information content (AvgIpc) is 2.78. The number of amides is 1. The number of halogens is 1. The second-order valence-electron chi connectivity index (χ2n) is 2.82. The van der Waals surface area contributed by atoms with Gasteiger partial charge >= 0.3 is 0 Å². The largest absolute Gasteiger partial charge is 0.296 e. The SMILES string of the molecule is O=C(Nc1nnc(CCl)s1)c1ccncc1. The zero-order valence-electron chi connectivity index (χ0n) is 8.05. The standard InChI is InChI=1S/C9H7ClN4OS/c10-5-7-13-14-9(16-7)12-8(15)6-1-3-11-4-2-6/h1-4H,5H2,(H,12,14,15). The number of nitrogens with zero attached hydrogens (tertiary/aromatic N) is 3. The van der Waals surface area contributed by atoms with Crippen molar-refractivity contribution in [1.29, 1.82) is 0 Å². The van der Waals surface area contributed by atoms with Gasteiger partial charge in [0.2, 0.25) is 5.13 Å². The second-order valence-corrected chi connectivity index (χ2v) is 4.15. The molecule has 0 aliphatic carbocycles. The van der Waals surface area contributed by atoms with Crippen molar-refractivity contribution < 1.29 is 4.79 Å². The molecular weight excluding hydrogens is 248 g/mol. The van der Waals surface area contributed by atoms with E-state index in [4.69, 9.17) is 11.6 Å². The van der Waals surface area contributed by atoms with Gasteiger partial charge in [-0.3, -0.25) is 15.1 Å². The predicted octanol–water partition coefficient (Wildman–Crippen LogP) is 1.92. The summed E-state index contributed by atoms with van der Waals surface area (Å²) >= 11 is 6.83. The Labute approximate surface area is 101 Å². The van der Waals surface area contributed by atoms with Gasteiger partial charge in [-0.25, -0.2) is 0 Å². The van der Waals surface area contributed by atoms with Gasteiger partial charge < -0.3 is 0 Å². The molecular formula is C9H7ClN4OS. The van der Waals surface area contributed by atoms with E-state index in [0.29, 0.717) is 21.6 Å². The highest BCUT2D eigenvalue weighted by Crippen LogP contribution is 2.17. The number of aromatic nitrogens is 3. The average molecular weight is 255 g/mol. The van der Waals surface area contributed by atoms with E-state index in [0.717, 1.165) is 0 Å². The second kappa shape index (κ2) is 5.00. The Morgan fingerprint density at radius 3 is 2.75 bits per heavy atom. The van der Waals surface area contributed by atoms with Crippen molar-refractivity contribution in [3.05, 3.63) is 35.1 Å². The van der Waals surface area contributed by atoms with E-state index >= 15 is 0 Å². The zero-order chi connectivity index (χ0) is 11.4. The summed E-state index contributed by atoms with van der Waals surface area (Å²) in [5.74, 6) is 0.0580. The van der Waals surface area contributed by atoms with Crippen LogP contribution in [0.15, 0.2) is 24.5 Å². The van der Waals surface area contributed by atoms with E-state index in [-0.39, 0.29) is 5.91 Å². The Kier molecular flexibility index (Phi) is 3.43. The summed E-state index contributed by atoms with van der Waals surface area (Å²) in [6.45, 7) is 0. The predicted molar refractivity (Wildman–Crippen MR) is 61.7 cm³/mol. The Hall–Kier alpha value is -1.53. The minimum absolute atomic E-state index is 0.236. The van der Waals surface area contributed by atoms with E-state index in [1.165, 1.54) is 11.3 Å². The number of carbonyl (C=O) groups is 1. The Bertz CT molecular complexity index is 487. The summed E-state index contributed by atoms with van der Waals surface area (Å²) in [5, 5.41) is 11.3. The first kappa shape index (κ1) is 11.0. The summed E-state index contributed by atoms with van der Waals surface area (Å²) in [5.41, 5.74) is 0.526. The van der Waals surface area contributed by atoms with Crippen LogP contribution in [0.5, 0.6) is 0 Å². The number of alkyl halides is 1. The smallest absolute Gasteiger partial charge is 0.257 e. The Balaban J connectivity index is 2.08. The van der Waals surface area contributed by atoms with Gasteiger partial charge in [-0.05, 0) is 12.1 Å². The molecule has 7 heteroatoms. The fraction of sp³-hybridized carbons (Fsp3) is 0.111. The highest BCUT2D eigenvalue weighted by Gasteiger charge is 2.09. The van der Waals surface area contributed by atoms with Crippen LogP contribution in [0, 0.1) is 0 Å². The van der Waals surface area contributed by atoms with Crippen LogP contribution in [0.1, 0.15) is 15.4 Å². The minimum atomic E-state index is -0.236. The van der Waals surface area contributed by atoms with Crippen LogP contribution in [-0.2, 0) is 5.88 Å². The lowest BCUT2D eigenvalue weighted by atomic mass is 10.2. The van der Waals surface area contributed by atoms with Gasteiger partial charge in [-0.1, -0.05) is 11.3 Å². The molecule has 16 heavy (non-hydrogen) atoms. The lowest BCUT2D eigenvalue weighted by molar-refractivity contribution is 0.102. The fourth-order valence-corrected chi connectivity index (χ4v) is 1.83. The van der Waals surface area contributed by atoms with Gasteiger partial charge in [-0.15, -0.1) is 21.8 Å². The van der Waals surface area contributed by atoms with Crippen LogP contribution in [-0.4, -0.2) is 21.1 Å². The topological polar surface area (TPSA) is 67.8 Å². The van der Waals surface area contributed by atoms with Gasteiger partial charge in [-0.2, -0.15) is 0 Å². The lowest BCUT2D eigenvalue weighted by Gasteiger charge is -1.99. The first-order valence-corrected chi connectivity index (χ1v) is 5.74. The highest BCUT2D eigenvalue weighted by molar-refractivity contribution is 7.15. The van der Waals surface area contributed by atoms with Crippen LogP contribution < -0.4 is 5.32 Å². The maximum absolute atomic E-state index is 11.7. The maximum Gasteiger partial charge on any atom is 0.257 e. The number of carbonyl (C=O) groups excluding carboxylic acids is 1. The van der Waals surface area contributed by atoms with Crippen molar-refractivity contribution in [2.45, 2.75) is 5.88 Å². The molecule has 0 aliphatic heterocycles. The van der Waals surface area contributed by atoms with Crippen molar-refractivity contribution in [2.75, 3.05) is 5.32 Å². The fourth-order valence-electron chi connectivity index (χ4n) is 1.03. The van der Waals surface area contributed by atoms with Crippen molar-refractivity contribution in [3.8, 4) is 0 Å². The highest BCUT2D eigenvalue weighted by atomic mass is 35.5. The Morgan fingerprint density at radius 1 is 1.38 bits per heavy atom. The Morgan fingerprint density at radius 2 is 2.12 bits per heavy atom. The van der Waals surface area contributed by atoms with Crippen LogP contribution in [0.2, 0.25) is 0 Å². The van der Waals surface area contributed by atoms with Crippen LogP contribution >= 0.6 is 22.9 Å². The molecule has 2 aromatic rings. The molecule has 2 rings (SSSR count). The van der Waals surface area contributed by atoms with Gasteiger partial charge in [0.15, 0.2) is 0 Å². The third kappa shape index (κ3) is 2.53. The van der Waals surface area contributed by atoms with Crippen molar-refractivity contribution in [1.82, 2.24) is 15.2 Å². The third-order valence-corrected chi connectivity index (χ3v) is 2.99. The summed E-state index contributed by atoms with van der Waals surface area (Å²) in [4.78, 5) is 15.5. The number of nitrogens with one attached hydrogen (secondary N) is 1. The normalized spacial score (nSPS) is 10.1. The molecule has 1 N–H and O–H groups in total. The molecule has 0 bridgehead atoms. The molecule has 0 atom stereocenters. The summed E-state index contributed by atoms with van der Waals surface area (Å²) in [6, 6.07) is 3.25. The molecule has 0 saturated carbocycles. The molecule has 2 heterocycles. The number of anilines is 1. The van der Waals surface area contributed by atoms with Gasteiger partial charge in [0.1, 0.15) is 5.01 Å². The van der Waals surface area contributed by atoms with Gasteiger partial charge in [0.05, 0.1) is 5.88 Å². The monoisotopic (exact) mass is 254 g/mol.